The Morgan fingerprint density at radius 2 is 1.96 bits per heavy atom. The number of aromatic nitrogens is 3. The van der Waals surface area contributed by atoms with Crippen LogP contribution in [0.2, 0.25) is 0 Å². The van der Waals surface area contributed by atoms with Gasteiger partial charge in [-0.1, -0.05) is 30.3 Å². The minimum Gasteiger partial charge on any atom is -0.351 e. The first-order chi connectivity index (χ1) is 13.1. The van der Waals surface area contributed by atoms with E-state index in [9.17, 15) is 9.18 Å². The van der Waals surface area contributed by atoms with E-state index in [1.165, 1.54) is 35.0 Å². The quantitative estimate of drug-likeness (QED) is 0.379. The summed E-state index contributed by atoms with van der Waals surface area (Å²) in [4.78, 5) is 12.0. The van der Waals surface area contributed by atoms with Gasteiger partial charge in [0.1, 0.15) is 5.82 Å². The maximum absolute atomic E-state index is 12.9. The van der Waals surface area contributed by atoms with Crippen LogP contribution in [0.5, 0.6) is 0 Å². The molecule has 0 atom stereocenters. The van der Waals surface area contributed by atoms with Gasteiger partial charge in [-0.25, -0.2) is 14.5 Å². The van der Waals surface area contributed by atoms with E-state index in [-0.39, 0.29) is 17.5 Å². The van der Waals surface area contributed by atoms with Crippen molar-refractivity contribution in [2.45, 2.75) is 43.8 Å². The normalized spacial score (nSPS) is 14.0. The van der Waals surface area contributed by atoms with Crippen LogP contribution in [0.3, 0.4) is 0 Å². The lowest BCUT2D eigenvalue weighted by Crippen LogP contribution is -2.25. The Balaban J connectivity index is 1.45. The monoisotopic (exact) mass is 391 g/mol. The fourth-order valence-corrected chi connectivity index (χ4v) is 3.32. The highest BCUT2D eigenvalue weighted by Gasteiger charge is 2.13. The first kappa shape index (κ1) is 19.2. The third-order valence-corrected chi connectivity index (χ3v) is 5.09. The van der Waals surface area contributed by atoms with E-state index in [4.69, 9.17) is 5.84 Å². The Morgan fingerprint density at radius 1 is 1.22 bits per heavy atom. The Kier molecular flexibility index (Phi) is 6.64. The summed E-state index contributed by atoms with van der Waals surface area (Å²) in [6.07, 6.45) is 5.53. The van der Waals surface area contributed by atoms with Gasteiger partial charge in [0, 0.05) is 12.3 Å². The molecule has 1 amide bonds. The number of rotatable bonds is 7. The van der Waals surface area contributed by atoms with Gasteiger partial charge in [-0.05, 0) is 43.4 Å². The Hall–Kier alpha value is -2.62. The van der Waals surface area contributed by atoms with Crippen molar-refractivity contribution in [3.05, 3.63) is 35.6 Å². The first-order valence-electron chi connectivity index (χ1n) is 8.77. The number of nitrogen functional groups attached to an aromatic ring is 1. The number of nitrogens with one attached hydrogen (secondary N) is 2. The maximum Gasteiger partial charge on any atom is 0.264 e. The van der Waals surface area contributed by atoms with Crippen LogP contribution in [0, 0.1) is 5.82 Å². The number of halogens is 1. The molecule has 1 aliphatic carbocycles. The molecule has 0 bridgehead atoms. The zero-order chi connectivity index (χ0) is 19.1. The second kappa shape index (κ2) is 9.36. The zero-order valence-corrected chi connectivity index (χ0v) is 15.6. The molecule has 3 rings (SSSR count). The SMILES string of the molecule is Nn1c(NN=C2CCCCC2)nnc1SCC(=O)NCc1ccc(F)cc1. The number of nitrogens with zero attached hydrogens (tertiary/aromatic N) is 4. The lowest BCUT2D eigenvalue weighted by atomic mass is 9.99. The number of amides is 1. The number of hydrogen-bond donors (Lipinski definition) is 3. The molecule has 1 aromatic carbocycles. The lowest BCUT2D eigenvalue weighted by molar-refractivity contribution is -0.118. The van der Waals surface area contributed by atoms with Crippen molar-refractivity contribution in [2.75, 3.05) is 17.0 Å². The summed E-state index contributed by atoms with van der Waals surface area (Å²) < 4.78 is 14.1. The van der Waals surface area contributed by atoms with Crippen molar-refractivity contribution in [3.8, 4) is 0 Å². The van der Waals surface area contributed by atoms with E-state index in [0.717, 1.165) is 37.0 Å². The highest BCUT2D eigenvalue weighted by Crippen LogP contribution is 2.18. The van der Waals surface area contributed by atoms with Crippen LogP contribution < -0.4 is 16.6 Å². The summed E-state index contributed by atoms with van der Waals surface area (Å²) in [5.74, 6) is 5.95. The number of anilines is 1. The number of hydrazone groups is 1. The molecule has 1 saturated carbocycles. The van der Waals surface area contributed by atoms with E-state index in [0.29, 0.717) is 17.6 Å². The van der Waals surface area contributed by atoms with Gasteiger partial charge in [0.05, 0.1) is 5.75 Å². The average Bonchev–Trinajstić information content (AvgIpc) is 3.05. The van der Waals surface area contributed by atoms with Gasteiger partial charge in [-0.3, -0.25) is 4.79 Å². The van der Waals surface area contributed by atoms with Crippen molar-refractivity contribution >= 4 is 29.3 Å². The van der Waals surface area contributed by atoms with Crippen LogP contribution in [0.1, 0.15) is 37.7 Å². The molecule has 1 aliphatic rings. The van der Waals surface area contributed by atoms with E-state index in [1.54, 1.807) is 12.1 Å². The molecular weight excluding hydrogens is 369 g/mol. The van der Waals surface area contributed by atoms with Crippen molar-refractivity contribution in [1.82, 2.24) is 20.2 Å². The molecule has 0 spiro atoms. The molecule has 0 saturated heterocycles. The summed E-state index contributed by atoms with van der Waals surface area (Å²) in [6, 6.07) is 5.98. The van der Waals surface area contributed by atoms with E-state index >= 15 is 0 Å². The highest BCUT2D eigenvalue weighted by atomic mass is 32.2. The second-order valence-corrected chi connectivity index (χ2v) is 7.16. The van der Waals surface area contributed by atoms with Crippen LogP contribution in [-0.4, -0.2) is 32.2 Å². The number of thioether (sulfide) groups is 1. The Bertz CT molecular complexity index is 798. The molecular formula is C17H22FN7OS. The second-order valence-electron chi connectivity index (χ2n) is 6.22. The summed E-state index contributed by atoms with van der Waals surface area (Å²) in [6.45, 7) is 0.333. The molecule has 1 heterocycles. The fourth-order valence-electron chi connectivity index (χ4n) is 2.64. The van der Waals surface area contributed by atoms with Gasteiger partial charge < -0.3 is 11.2 Å². The van der Waals surface area contributed by atoms with Gasteiger partial charge >= 0.3 is 0 Å². The van der Waals surface area contributed by atoms with Crippen molar-refractivity contribution in [3.63, 3.8) is 0 Å². The Morgan fingerprint density at radius 3 is 2.70 bits per heavy atom. The van der Waals surface area contributed by atoms with Crippen LogP contribution in [0.25, 0.3) is 0 Å². The molecule has 0 unspecified atom stereocenters. The zero-order valence-electron chi connectivity index (χ0n) is 14.8. The molecule has 0 aliphatic heterocycles. The summed E-state index contributed by atoms with van der Waals surface area (Å²) in [5.41, 5.74) is 4.78. The number of nitrogens with two attached hydrogens (primary N) is 1. The number of hydrogen-bond acceptors (Lipinski definition) is 7. The fraction of sp³-hybridized carbons (Fsp3) is 0.412. The molecule has 2 aromatic rings. The third-order valence-electron chi connectivity index (χ3n) is 4.14. The van der Waals surface area contributed by atoms with Gasteiger partial charge in [0.25, 0.3) is 5.95 Å². The Labute approximate surface area is 160 Å². The van der Waals surface area contributed by atoms with Gasteiger partial charge in [-0.2, -0.15) is 5.10 Å². The predicted molar refractivity (Wildman–Crippen MR) is 103 cm³/mol. The topological polar surface area (TPSA) is 110 Å². The van der Waals surface area contributed by atoms with E-state index in [2.05, 4.69) is 26.0 Å². The number of benzene rings is 1. The summed E-state index contributed by atoms with van der Waals surface area (Å²) in [5, 5.41) is 15.5. The van der Waals surface area contributed by atoms with Gasteiger partial charge in [0.2, 0.25) is 11.1 Å². The lowest BCUT2D eigenvalue weighted by Gasteiger charge is -2.12. The molecule has 4 N–H and O–H groups in total. The average molecular weight is 391 g/mol. The van der Waals surface area contributed by atoms with Crippen molar-refractivity contribution in [1.29, 1.82) is 0 Å². The van der Waals surface area contributed by atoms with E-state index < -0.39 is 0 Å². The predicted octanol–water partition coefficient (Wildman–Crippen LogP) is 2.27. The summed E-state index contributed by atoms with van der Waals surface area (Å²) >= 11 is 1.18. The smallest absolute Gasteiger partial charge is 0.264 e. The van der Waals surface area contributed by atoms with Crippen LogP contribution >= 0.6 is 11.8 Å². The largest absolute Gasteiger partial charge is 0.351 e. The number of carbonyl (C=O) groups excluding carboxylic acids is 1. The minimum atomic E-state index is -0.305. The molecule has 8 nitrogen and oxygen atoms in total. The van der Waals surface area contributed by atoms with Crippen molar-refractivity contribution < 1.29 is 9.18 Å². The first-order valence-corrected chi connectivity index (χ1v) is 9.76. The van der Waals surface area contributed by atoms with Crippen LogP contribution in [0.15, 0.2) is 34.5 Å². The van der Waals surface area contributed by atoms with Gasteiger partial charge in [0.15, 0.2) is 0 Å². The van der Waals surface area contributed by atoms with Gasteiger partial charge in [-0.15, -0.1) is 10.2 Å². The van der Waals surface area contributed by atoms with Crippen LogP contribution in [0.4, 0.5) is 10.3 Å². The minimum absolute atomic E-state index is 0.144. The highest BCUT2D eigenvalue weighted by molar-refractivity contribution is 7.99. The molecule has 1 aromatic heterocycles. The molecule has 0 radical (unpaired) electrons. The summed E-state index contributed by atoms with van der Waals surface area (Å²) in [7, 11) is 0. The third kappa shape index (κ3) is 5.68. The number of carbonyl (C=O) groups is 1. The maximum atomic E-state index is 12.9. The van der Waals surface area contributed by atoms with Crippen LogP contribution in [-0.2, 0) is 11.3 Å². The van der Waals surface area contributed by atoms with Crippen molar-refractivity contribution in [2.24, 2.45) is 5.10 Å². The standard InChI is InChI=1S/C17H22FN7OS/c18-13-8-6-12(7-9-13)10-20-15(26)11-27-17-24-23-16(25(17)19)22-21-14-4-2-1-3-5-14/h6-9H,1-5,10-11,19H2,(H,20,26)(H,22,23). The molecule has 1 fully saturated rings. The molecule has 10 heteroatoms. The molecule has 27 heavy (non-hydrogen) atoms. The molecule has 144 valence electrons. The van der Waals surface area contributed by atoms with E-state index in [1.807, 2.05) is 0 Å².